The van der Waals surface area contributed by atoms with Crippen molar-refractivity contribution in [2.45, 2.75) is 68.2 Å². The lowest BCUT2D eigenvalue weighted by molar-refractivity contribution is -0.116. The molecule has 5 nitrogen and oxygen atoms in total. The van der Waals surface area contributed by atoms with Gasteiger partial charge in [-0.25, -0.2) is 13.1 Å². The average Bonchev–Trinajstić information content (AvgIpc) is 2.88. The van der Waals surface area contributed by atoms with E-state index in [9.17, 15) is 13.2 Å². The lowest BCUT2D eigenvalue weighted by atomic mass is 9.48. The molecule has 6 heteroatoms. The van der Waals surface area contributed by atoms with Crippen molar-refractivity contribution in [1.29, 1.82) is 0 Å². The van der Waals surface area contributed by atoms with Gasteiger partial charge >= 0.3 is 0 Å². The number of anilines is 1. The second kappa shape index (κ2) is 9.97. The quantitative estimate of drug-likeness (QED) is 0.350. The summed E-state index contributed by atoms with van der Waals surface area (Å²) in [4.78, 5) is 13.3. The molecule has 1 atom stereocenters. The van der Waals surface area contributed by atoms with Crippen LogP contribution < -0.4 is 10.0 Å². The fourth-order valence-corrected chi connectivity index (χ4v) is 8.88. The van der Waals surface area contributed by atoms with Crippen LogP contribution in [-0.2, 0) is 20.2 Å². The van der Waals surface area contributed by atoms with Crippen LogP contribution in [0.5, 0.6) is 0 Å². The van der Waals surface area contributed by atoms with Gasteiger partial charge in [-0.2, -0.15) is 0 Å². The van der Waals surface area contributed by atoms with Gasteiger partial charge in [0.05, 0.1) is 10.9 Å². The number of carbonyl (C=O) groups excluding carboxylic acids is 1. The highest BCUT2D eigenvalue weighted by Gasteiger charge is 2.51. The van der Waals surface area contributed by atoms with E-state index in [2.05, 4.69) is 22.2 Å². The number of hydrogen-bond acceptors (Lipinski definition) is 3. The zero-order chi connectivity index (χ0) is 26.3. The molecule has 0 saturated heterocycles. The van der Waals surface area contributed by atoms with Crippen molar-refractivity contribution < 1.29 is 13.2 Å². The molecule has 4 aliphatic rings. The Labute approximate surface area is 226 Å². The summed E-state index contributed by atoms with van der Waals surface area (Å²) in [7, 11) is -3.80. The van der Waals surface area contributed by atoms with Crippen molar-refractivity contribution in [2.24, 2.45) is 17.8 Å². The maximum Gasteiger partial charge on any atom is 0.241 e. The molecular formula is C32H36N2O3S. The monoisotopic (exact) mass is 528 g/mol. The number of amides is 1. The van der Waals surface area contributed by atoms with E-state index in [1.54, 1.807) is 24.3 Å². The van der Waals surface area contributed by atoms with Gasteiger partial charge in [0.25, 0.3) is 0 Å². The van der Waals surface area contributed by atoms with Gasteiger partial charge in [-0.05, 0) is 104 Å². The van der Waals surface area contributed by atoms with Crippen molar-refractivity contribution in [2.75, 3.05) is 5.32 Å². The summed E-state index contributed by atoms with van der Waals surface area (Å²) in [6.07, 6.45) is 8.18. The minimum Gasteiger partial charge on any atom is -0.326 e. The molecule has 4 aliphatic carbocycles. The van der Waals surface area contributed by atoms with Crippen LogP contribution in [0.25, 0.3) is 0 Å². The Morgan fingerprint density at radius 2 is 1.42 bits per heavy atom. The first-order valence-corrected chi connectivity index (χ1v) is 15.3. The van der Waals surface area contributed by atoms with Crippen molar-refractivity contribution in [3.05, 3.63) is 95.6 Å². The van der Waals surface area contributed by atoms with Gasteiger partial charge in [-0.3, -0.25) is 4.79 Å². The molecule has 1 amide bonds. The van der Waals surface area contributed by atoms with Crippen LogP contribution in [0.1, 0.15) is 67.7 Å². The Kier molecular flexibility index (Phi) is 6.65. The number of nitrogens with one attached hydrogen (secondary N) is 2. The van der Waals surface area contributed by atoms with Crippen LogP contribution >= 0.6 is 0 Å². The molecule has 3 aromatic carbocycles. The van der Waals surface area contributed by atoms with Crippen molar-refractivity contribution in [1.82, 2.24) is 4.72 Å². The van der Waals surface area contributed by atoms with Gasteiger partial charge in [-0.15, -0.1) is 0 Å². The summed E-state index contributed by atoms with van der Waals surface area (Å²) in [5.41, 5.74) is 4.22. The Hall–Kier alpha value is -2.96. The molecule has 4 saturated carbocycles. The first kappa shape index (κ1) is 25.3. The molecule has 2 N–H and O–H groups in total. The fourth-order valence-electron chi connectivity index (χ4n) is 7.65. The van der Waals surface area contributed by atoms with Crippen LogP contribution in [0.4, 0.5) is 5.69 Å². The second-order valence-corrected chi connectivity index (χ2v) is 13.6. The Balaban J connectivity index is 1.16. The summed E-state index contributed by atoms with van der Waals surface area (Å²) in [6.45, 7) is 1.91. The Bertz CT molecular complexity index is 1360. The van der Waals surface area contributed by atoms with Crippen LogP contribution in [0, 0.1) is 24.7 Å². The third-order valence-corrected chi connectivity index (χ3v) is 10.5. The molecule has 0 unspecified atom stereocenters. The predicted octanol–water partition coefficient (Wildman–Crippen LogP) is 6.51. The zero-order valence-corrected chi connectivity index (χ0v) is 22.7. The van der Waals surface area contributed by atoms with Crippen molar-refractivity contribution >= 4 is 21.6 Å². The van der Waals surface area contributed by atoms with E-state index in [1.165, 1.54) is 44.1 Å². The Morgan fingerprint density at radius 1 is 0.842 bits per heavy atom. The lowest BCUT2D eigenvalue weighted by Gasteiger charge is -2.57. The number of sulfonamides is 1. The van der Waals surface area contributed by atoms with E-state index >= 15 is 0 Å². The zero-order valence-electron chi connectivity index (χ0n) is 21.9. The normalized spacial score (nSPS) is 26.7. The van der Waals surface area contributed by atoms with Gasteiger partial charge in [0.15, 0.2) is 0 Å². The van der Waals surface area contributed by atoms with Gasteiger partial charge in [0.2, 0.25) is 15.9 Å². The first-order valence-electron chi connectivity index (χ1n) is 13.8. The molecule has 0 heterocycles. The molecule has 0 spiro atoms. The minimum absolute atomic E-state index is 0.00810. The summed E-state index contributed by atoms with van der Waals surface area (Å²) >= 11 is 0. The highest BCUT2D eigenvalue weighted by molar-refractivity contribution is 7.89. The van der Waals surface area contributed by atoms with Gasteiger partial charge < -0.3 is 5.32 Å². The summed E-state index contributed by atoms with van der Waals surface area (Å²) in [5.74, 6) is 2.44. The molecular weight excluding hydrogens is 492 g/mol. The van der Waals surface area contributed by atoms with Crippen LogP contribution in [0.2, 0.25) is 0 Å². The van der Waals surface area contributed by atoms with E-state index in [-0.39, 0.29) is 17.2 Å². The molecule has 4 bridgehead atoms. The van der Waals surface area contributed by atoms with Gasteiger partial charge in [-0.1, -0.05) is 60.2 Å². The van der Waals surface area contributed by atoms with Crippen molar-refractivity contribution in [3.8, 4) is 0 Å². The molecule has 0 aromatic heterocycles. The summed E-state index contributed by atoms with van der Waals surface area (Å²) < 4.78 is 29.0. The molecule has 0 radical (unpaired) electrons. The number of aryl methyl sites for hydroxylation is 1. The maximum absolute atomic E-state index is 13.1. The Morgan fingerprint density at radius 3 is 2.00 bits per heavy atom. The van der Waals surface area contributed by atoms with Gasteiger partial charge in [0, 0.05) is 12.1 Å². The SMILES string of the molecule is Cc1ccc(S(=O)(=O)N[C@H](CC(=O)Nc2ccc(C34CC5CC(CC(C5)C3)C4)cc2)c2ccccc2)cc1. The molecule has 3 aromatic rings. The van der Waals surface area contributed by atoms with Crippen molar-refractivity contribution in [3.63, 3.8) is 0 Å². The smallest absolute Gasteiger partial charge is 0.241 e. The fraction of sp³-hybridized carbons (Fsp3) is 0.406. The van der Waals surface area contributed by atoms with E-state index in [0.29, 0.717) is 5.41 Å². The van der Waals surface area contributed by atoms with Gasteiger partial charge in [0.1, 0.15) is 0 Å². The summed E-state index contributed by atoms with van der Waals surface area (Å²) in [5, 5.41) is 3.00. The highest BCUT2D eigenvalue weighted by Crippen LogP contribution is 2.60. The number of carbonyl (C=O) groups is 1. The number of hydrogen-bond donors (Lipinski definition) is 2. The number of benzene rings is 3. The highest BCUT2D eigenvalue weighted by atomic mass is 32.2. The van der Waals surface area contributed by atoms with E-state index < -0.39 is 16.1 Å². The third-order valence-electron chi connectivity index (χ3n) is 9.04. The van der Waals surface area contributed by atoms with E-state index in [0.717, 1.165) is 34.6 Å². The molecule has 38 heavy (non-hydrogen) atoms. The molecule has 4 fully saturated rings. The molecule has 198 valence electrons. The van der Waals surface area contributed by atoms with E-state index in [4.69, 9.17) is 0 Å². The lowest BCUT2D eigenvalue weighted by Crippen LogP contribution is -2.48. The van der Waals surface area contributed by atoms with Crippen LogP contribution in [0.15, 0.2) is 83.8 Å². The third kappa shape index (κ3) is 5.16. The summed E-state index contributed by atoms with van der Waals surface area (Å²) in [6, 6.07) is 23.7. The topological polar surface area (TPSA) is 75.3 Å². The van der Waals surface area contributed by atoms with E-state index in [1.807, 2.05) is 49.4 Å². The van der Waals surface area contributed by atoms with Crippen LogP contribution in [-0.4, -0.2) is 14.3 Å². The first-order chi connectivity index (χ1) is 18.3. The standard InChI is InChI=1S/C32H36N2O3S/c1-22-7-13-29(14-8-22)38(36,37)34-30(26-5-3-2-4-6-26)18-31(35)33-28-11-9-27(10-12-28)32-19-23-15-24(20-32)17-25(16-23)21-32/h2-14,23-25,30,34H,15-21H2,1H3,(H,33,35)/t23?,24?,25?,30-,32?/m1/s1. The molecule has 0 aliphatic heterocycles. The van der Waals surface area contributed by atoms with Crippen LogP contribution in [0.3, 0.4) is 0 Å². The second-order valence-electron chi connectivity index (χ2n) is 11.9. The molecule has 7 rings (SSSR count). The largest absolute Gasteiger partial charge is 0.326 e. The minimum atomic E-state index is -3.80. The predicted molar refractivity (Wildman–Crippen MR) is 150 cm³/mol. The number of rotatable bonds is 8. The average molecular weight is 529 g/mol. The maximum atomic E-state index is 13.1.